The Morgan fingerprint density at radius 3 is 2.95 bits per heavy atom. The summed E-state index contributed by atoms with van der Waals surface area (Å²) in [7, 11) is 1.94. The lowest BCUT2D eigenvalue weighted by atomic mass is 9.88. The monoisotopic (exact) mass is 278 g/mol. The summed E-state index contributed by atoms with van der Waals surface area (Å²) in [5.41, 5.74) is 5.21. The van der Waals surface area contributed by atoms with Crippen molar-refractivity contribution in [3.8, 4) is 0 Å². The number of fused-ring (bicyclic) bond motifs is 1. The van der Waals surface area contributed by atoms with Gasteiger partial charge in [0.1, 0.15) is 0 Å². The summed E-state index contributed by atoms with van der Waals surface area (Å²) in [5, 5.41) is 2.09. The third-order valence-electron chi connectivity index (χ3n) is 4.40. The Labute approximate surface area is 123 Å². The maximum absolute atomic E-state index is 8.65. The van der Waals surface area contributed by atoms with E-state index in [9.17, 15) is 0 Å². The summed E-state index contributed by atoms with van der Waals surface area (Å²) in [6.45, 7) is 4.69. The fourth-order valence-corrected chi connectivity index (χ4v) is 2.97. The van der Waals surface area contributed by atoms with Gasteiger partial charge < -0.3 is 20.0 Å². The van der Waals surface area contributed by atoms with E-state index in [0.717, 1.165) is 37.1 Å². The first kappa shape index (κ1) is 10.4. The molecular weight excluding hydrogens is 252 g/mol. The lowest BCUT2D eigenvalue weighted by Gasteiger charge is -2.44. The van der Waals surface area contributed by atoms with Crippen molar-refractivity contribution >= 4 is 0 Å². The summed E-state index contributed by atoms with van der Waals surface area (Å²) in [4.78, 5) is 3.83. The van der Waals surface area contributed by atoms with Crippen molar-refractivity contribution in [1.29, 1.82) is 0 Å². The summed E-state index contributed by atoms with van der Waals surface area (Å²) < 4.78 is 22.5. The second kappa shape index (κ2) is 4.32. The number of hydrazine groups is 1. The smallest absolute Gasteiger partial charge is 0.0980 e. The minimum atomic E-state index is -0.553. The molecule has 3 aliphatic heterocycles. The summed E-state index contributed by atoms with van der Waals surface area (Å²) in [5.74, 6) is 0.741. The van der Waals surface area contributed by atoms with Crippen LogP contribution in [0.15, 0.2) is 23.8 Å². The fraction of sp³-hybridized carbons (Fsp3) is 0.733. The molecule has 5 heteroatoms. The van der Waals surface area contributed by atoms with Gasteiger partial charge in [-0.1, -0.05) is 6.92 Å². The minimum absolute atomic E-state index is 0.0571. The molecule has 4 aliphatic rings. The standard InChI is InChI=1S/C15H24N4O/c1-15(9-20-10-15)8-18-7-14-13(17(2)11-18)5-16-19(14)6-12-3-4-12/h5,7,12,16H,3-4,6,8-11H2,1-2H3/i7D,11D. The normalized spacial score (nSPS) is 33.2. The van der Waals surface area contributed by atoms with Crippen LogP contribution in [0.1, 0.15) is 22.5 Å². The molecule has 0 radical (unpaired) electrons. The first-order chi connectivity index (χ1) is 10.5. The van der Waals surface area contributed by atoms with Crippen molar-refractivity contribution in [3.63, 3.8) is 0 Å². The maximum atomic E-state index is 8.65. The Morgan fingerprint density at radius 2 is 2.30 bits per heavy atom. The zero-order valence-corrected chi connectivity index (χ0v) is 12.2. The van der Waals surface area contributed by atoms with E-state index in [1.807, 2.05) is 23.0 Å². The van der Waals surface area contributed by atoms with Gasteiger partial charge in [0.15, 0.2) is 0 Å². The second-order valence-electron chi connectivity index (χ2n) is 6.83. The molecule has 1 aliphatic carbocycles. The minimum Gasteiger partial charge on any atom is -0.380 e. The molecule has 4 rings (SSSR count). The molecule has 2 fully saturated rings. The van der Waals surface area contributed by atoms with Crippen LogP contribution in [0, 0.1) is 11.3 Å². The van der Waals surface area contributed by atoms with E-state index < -0.39 is 6.64 Å². The van der Waals surface area contributed by atoms with Crippen LogP contribution < -0.4 is 5.43 Å². The maximum Gasteiger partial charge on any atom is 0.0980 e. The van der Waals surface area contributed by atoms with Crippen LogP contribution >= 0.6 is 0 Å². The van der Waals surface area contributed by atoms with Crippen LogP contribution in [0.2, 0.25) is 0 Å². The molecule has 3 heterocycles. The highest BCUT2D eigenvalue weighted by atomic mass is 16.5. The molecule has 1 saturated carbocycles. The molecule has 5 nitrogen and oxygen atoms in total. The van der Waals surface area contributed by atoms with Gasteiger partial charge >= 0.3 is 0 Å². The Morgan fingerprint density at radius 1 is 1.50 bits per heavy atom. The van der Waals surface area contributed by atoms with Crippen LogP contribution in [0.3, 0.4) is 0 Å². The third kappa shape index (κ3) is 2.14. The van der Waals surface area contributed by atoms with Gasteiger partial charge in [0.2, 0.25) is 0 Å². The molecule has 110 valence electrons. The van der Waals surface area contributed by atoms with Gasteiger partial charge in [-0.15, -0.1) is 0 Å². The average molecular weight is 278 g/mol. The molecular formula is C15H24N4O. The third-order valence-corrected chi connectivity index (χ3v) is 4.40. The molecule has 0 aromatic rings. The molecule has 20 heavy (non-hydrogen) atoms. The molecule has 0 aromatic heterocycles. The highest BCUT2D eigenvalue weighted by Crippen LogP contribution is 2.35. The van der Waals surface area contributed by atoms with Gasteiger partial charge in [-0.2, -0.15) is 0 Å². The Balaban J connectivity index is 1.62. The molecule has 0 spiro atoms. The number of nitrogens with zero attached hydrogens (tertiary/aromatic N) is 3. The molecule has 1 saturated heterocycles. The van der Waals surface area contributed by atoms with E-state index in [1.165, 1.54) is 12.8 Å². The van der Waals surface area contributed by atoms with Crippen molar-refractivity contribution in [2.45, 2.75) is 19.8 Å². The van der Waals surface area contributed by atoms with Crippen LogP contribution in [-0.2, 0) is 4.74 Å². The second-order valence-corrected chi connectivity index (χ2v) is 6.83. The van der Waals surface area contributed by atoms with Crippen molar-refractivity contribution in [1.82, 2.24) is 20.2 Å². The Hall–Kier alpha value is -1.36. The van der Waals surface area contributed by atoms with Gasteiger partial charge in [0.05, 0.1) is 34.0 Å². The van der Waals surface area contributed by atoms with Crippen molar-refractivity contribution in [3.05, 3.63) is 23.8 Å². The van der Waals surface area contributed by atoms with Gasteiger partial charge in [-0.3, -0.25) is 5.01 Å². The highest BCUT2D eigenvalue weighted by Gasteiger charge is 2.38. The van der Waals surface area contributed by atoms with E-state index in [-0.39, 0.29) is 5.41 Å². The number of hydrogen-bond donors (Lipinski definition) is 1. The fourth-order valence-electron chi connectivity index (χ4n) is 2.97. The molecule has 1 unspecified atom stereocenters. The van der Waals surface area contributed by atoms with E-state index >= 15 is 0 Å². The van der Waals surface area contributed by atoms with Crippen molar-refractivity contribution in [2.24, 2.45) is 11.3 Å². The van der Waals surface area contributed by atoms with Crippen LogP contribution in [0.4, 0.5) is 0 Å². The van der Waals surface area contributed by atoms with Crippen LogP contribution in [0.25, 0.3) is 0 Å². The number of likely N-dealkylation sites (N-methyl/N-ethyl adjacent to an activating group) is 1. The summed E-state index contributed by atoms with van der Waals surface area (Å²) >= 11 is 0. The van der Waals surface area contributed by atoms with Crippen molar-refractivity contribution in [2.75, 3.05) is 40.0 Å². The topological polar surface area (TPSA) is 31.0 Å². The van der Waals surface area contributed by atoms with Crippen LogP contribution in [-0.4, -0.2) is 54.8 Å². The van der Waals surface area contributed by atoms with Crippen LogP contribution in [0.5, 0.6) is 0 Å². The van der Waals surface area contributed by atoms with Gasteiger partial charge in [-0.05, 0) is 18.8 Å². The predicted molar refractivity (Wildman–Crippen MR) is 77.0 cm³/mol. The molecule has 0 amide bonds. The number of hydrogen-bond acceptors (Lipinski definition) is 5. The largest absolute Gasteiger partial charge is 0.380 e. The average Bonchev–Trinajstić information content (AvgIpc) is 3.17. The molecule has 1 atom stereocenters. The highest BCUT2D eigenvalue weighted by molar-refractivity contribution is 5.33. The van der Waals surface area contributed by atoms with Gasteiger partial charge in [0.25, 0.3) is 0 Å². The zero-order chi connectivity index (χ0) is 15.5. The molecule has 0 aromatic carbocycles. The predicted octanol–water partition coefficient (Wildman–Crippen LogP) is 1.14. The Kier molecular flexibility index (Phi) is 2.24. The number of ether oxygens (including phenoxy) is 1. The number of nitrogens with one attached hydrogen (secondary N) is 1. The zero-order valence-electron chi connectivity index (χ0n) is 14.2. The summed E-state index contributed by atoms with van der Waals surface area (Å²) in [6, 6.07) is 0. The first-order valence-corrected chi connectivity index (χ1v) is 7.43. The number of rotatable bonds is 4. The van der Waals surface area contributed by atoms with E-state index in [4.69, 9.17) is 7.48 Å². The summed E-state index contributed by atoms with van der Waals surface area (Å²) in [6.07, 6.45) is 4.95. The van der Waals surface area contributed by atoms with E-state index in [0.29, 0.717) is 12.7 Å². The van der Waals surface area contributed by atoms with Gasteiger partial charge in [0, 0.05) is 37.9 Å². The Bertz CT molecular complexity index is 542. The van der Waals surface area contributed by atoms with E-state index in [1.54, 1.807) is 0 Å². The SMILES string of the molecule is [2H]C1=C2C(=CNN2CC2CC2)N(C)C([2H])N1CC1(C)COC1. The molecule has 0 bridgehead atoms. The first-order valence-electron chi connectivity index (χ1n) is 8.51. The quantitative estimate of drug-likeness (QED) is 0.833. The lowest BCUT2D eigenvalue weighted by molar-refractivity contribution is -0.113. The van der Waals surface area contributed by atoms with Crippen molar-refractivity contribution < 1.29 is 7.48 Å². The molecule has 1 N–H and O–H groups in total. The van der Waals surface area contributed by atoms with E-state index in [2.05, 4.69) is 17.4 Å². The van der Waals surface area contributed by atoms with Gasteiger partial charge in [-0.25, -0.2) is 0 Å². The lowest BCUT2D eigenvalue weighted by Crippen LogP contribution is -2.50.